The van der Waals surface area contributed by atoms with Crippen molar-refractivity contribution < 1.29 is 9.13 Å². The number of rotatable bonds is 7. The van der Waals surface area contributed by atoms with Gasteiger partial charge >= 0.3 is 0 Å². The van der Waals surface area contributed by atoms with Crippen LogP contribution < -0.4 is 16.0 Å². The highest BCUT2D eigenvalue weighted by atomic mass is 19.1. The Morgan fingerprint density at radius 2 is 1.95 bits per heavy atom. The molecule has 0 aliphatic rings. The van der Waals surface area contributed by atoms with E-state index in [0.29, 0.717) is 6.61 Å². The summed E-state index contributed by atoms with van der Waals surface area (Å²) in [6.07, 6.45) is 1.52. The van der Waals surface area contributed by atoms with Crippen molar-refractivity contribution in [3.05, 3.63) is 65.5 Å². The average molecular weight is 288 g/mol. The Hall–Kier alpha value is -1.91. The first-order chi connectivity index (χ1) is 10.2. The molecule has 0 fully saturated rings. The number of nitrogens with one attached hydrogen (secondary N) is 1. The van der Waals surface area contributed by atoms with Crippen molar-refractivity contribution in [1.29, 1.82) is 0 Å². The van der Waals surface area contributed by atoms with Crippen LogP contribution in [0.25, 0.3) is 0 Å². The van der Waals surface area contributed by atoms with Gasteiger partial charge in [-0.1, -0.05) is 24.3 Å². The van der Waals surface area contributed by atoms with E-state index in [2.05, 4.69) is 5.43 Å². The molecule has 2 aromatic carbocycles. The minimum atomic E-state index is -0.223. The lowest BCUT2D eigenvalue weighted by molar-refractivity contribution is 0.285. The zero-order chi connectivity index (χ0) is 15.1. The van der Waals surface area contributed by atoms with Crippen LogP contribution in [0.15, 0.2) is 48.5 Å². The highest BCUT2D eigenvalue weighted by Gasteiger charge is 2.08. The quantitative estimate of drug-likeness (QED) is 0.608. The monoisotopic (exact) mass is 288 g/mol. The van der Waals surface area contributed by atoms with Crippen molar-refractivity contribution in [3.63, 3.8) is 0 Å². The fourth-order valence-electron chi connectivity index (χ4n) is 2.17. The Kier molecular flexibility index (Phi) is 5.72. The van der Waals surface area contributed by atoms with Crippen molar-refractivity contribution in [3.8, 4) is 5.75 Å². The van der Waals surface area contributed by atoms with Crippen LogP contribution in [0.1, 0.15) is 17.5 Å². The fourth-order valence-corrected chi connectivity index (χ4v) is 2.17. The van der Waals surface area contributed by atoms with Gasteiger partial charge in [0.15, 0.2) is 0 Å². The fraction of sp³-hybridized carbons (Fsp3) is 0.294. The third-order valence-electron chi connectivity index (χ3n) is 3.36. The van der Waals surface area contributed by atoms with Crippen molar-refractivity contribution >= 4 is 0 Å². The Morgan fingerprint density at radius 3 is 2.62 bits per heavy atom. The molecule has 0 saturated heterocycles. The van der Waals surface area contributed by atoms with Crippen LogP contribution in [-0.2, 0) is 6.42 Å². The Morgan fingerprint density at radius 1 is 1.19 bits per heavy atom. The second kappa shape index (κ2) is 7.76. The van der Waals surface area contributed by atoms with Crippen LogP contribution in [0.2, 0.25) is 0 Å². The third-order valence-corrected chi connectivity index (χ3v) is 3.36. The molecular weight excluding hydrogens is 267 g/mol. The topological polar surface area (TPSA) is 47.3 Å². The van der Waals surface area contributed by atoms with Crippen LogP contribution in [-0.4, -0.2) is 12.6 Å². The lowest BCUT2D eigenvalue weighted by atomic mass is 10.0. The van der Waals surface area contributed by atoms with Crippen LogP contribution in [0.3, 0.4) is 0 Å². The number of nitrogens with two attached hydrogens (primary N) is 1. The molecule has 0 spiro atoms. The molecule has 21 heavy (non-hydrogen) atoms. The van der Waals surface area contributed by atoms with Gasteiger partial charge < -0.3 is 4.74 Å². The average Bonchev–Trinajstić information content (AvgIpc) is 2.48. The minimum Gasteiger partial charge on any atom is -0.494 e. The van der Waals surface area contributed by atoms with Crippen LogP contribution >= 0.6 is 0 Å². The molecule has 4 heteroatoms. The zero-order valence-corrected chi connectivity index (χ0v) is 12.2. The summed E-state index contributed by atoms with van der Waals surface area (Å²) in [5.41, 5.74) is 5.01. The van der Waals surface area contributed by atoms with E-state index in [1.807, 2.05) is 31.2 Å². The van der Waals surface area contributed by atoms with Crippen LogP contribution in [0, 0.1) is 12.7 Å². The van der Waals surface area contributed by atoms with Gasteiger partial charge in [0.25, 0.3) is 0 Å². The van der Waals surface area contributed by atoms with E-state index in [1.54, 1.807) is 12.1 Å². The summed E-state index contributed by atoms with van der Waals surface area (Å²) in [7, 11) is 0. The van der Waals surface area contributed by atoms with Crippen LogP contribution in [0.4, 0.5) is 4.39 Å². The smallest absolute Gasteiger partial charge is 0.123 e. The van der Waals surface area contributed by atoms with E-state index < -0.39 is 0 Å². The van der Waals surface area contributed by atoms with E-state index in [4.69, 9.17) is 10.6 Å². The zero-order valence-electron chi connectivity index (χ0n) is 12.2. The molecular formula is C17H21FN2O. The normalized spacial score (nSPS) is 12.1. The number of halogens is 1. The Bertz CT molecular complexity index is 557. The molecule has 0 amide bonds. The maximum atomic E-state index is 12.9. The molecule has 0 aromatic heterocycles. The van der Waals surface area contributed by atoms with E-state index in [0.717, 1.165) is 24.2 Å². The maximum Gasteiger partial charge on any atom is 0.123 e. The van der Waals surface area contributed by atoms with Crippen molar-refractivity contribution in [1.82, 2.24) is 5.43 Å². The number of hydrogen-bond donors (Lipinski definition) is 2. The third kappa shape index (κ3) is 5.17. The molecule has 1 atom stereocenters. The van der Waals surface area contributed by atoms with Gasteiger partial charge in [0, 0.05) is 6.04 Å². The van der Waals surface area contributed by atoms with E-state index in [-0.39, 0.29) is 11.9 Å². The van der Waals surface area contributed by atoms with Crippen molar-refractivity contribution in [2.75, 3.05) is 6.61 Å². The van der Waals surface area contributed by atoms with Gasteiger partial charge in [-0.15, -0.1) is 0 Å². The molecule has 3 nitrogen and oxygen atoms in total. The largest absolute Gasteiger partial charge is 0.494 e. The Labute approximate surface area is 124 Å². The molecule has 0 aliphatic heterocycles. The number of ether oxygens (including phenoxy) is 1. The summed E-state index contributed by atoms with van der Waals surface area (Å²) < 4.78 is 18.6. The molecule has 0 aliphatic carbocycles. The summed E-state index contributed by atoms with van der Waals surface area (Å²) in [4.78, 5) is 0. The van der Waals surface area contributed by atoms with Gasteiger partial charge in [-0.3, -0.25) is 11.3 Å². The van der Waals surface area contributed by atoms with Gasteiger partial charge in [-0.2, -0.15) is 0 Å². The molecule has 112 valence electrons. The predicted molar refractivity (Wildman–Crippen MR) is 82.5 cm³/mol. The number of aryl methyl sites for hydroxylation is 1. The first kappa shape index (κ1) is 15.5. The summed E-state index contributed by atoms with van der Waals surface area (Å²) in [6.45, 7) is 2.62. The molecule has 2 aromatic rings. The molecule has 0 bridgehead atoms. The van der Waals surface area contributed by atoms with Crippen molar-refractivity contribution in [2.45, 2.75) is 25.8 Å². The lowest BCUT2D eigenvalue weighted by Crippen LogP contribution is -2.37. The summed E-state index contributed by atoms with van der Waals surface area (Å²) in [5, 5.41) is 0. The summed E-state index contributed by atoms with van der Waals surface area (Å²) in [6, 6.07) is 14.5. The van der Waals surface area contributed by atoms with E-state index in [1.165, 1.54) is 17.7 Å². The maximum absolute atomic E-state index is 12.9. The van der Waals surface area contributed by atoms with E-state index in [9.17, 15) is 4.39 Å². The number of hydrazine groups is 1. The minimum absolute atomic E-state index is 0.0975. The summed E-state index contributed by atoms with van der Waals surface area (Å²) in [5.74, 6) is 6.22. The van der Waals surface area contributed by atoms with Crippen LogP contribution in [0.5, 0.6) is 5.75 Å². The predicted octanol–water partition coefficient (Wildman–Crippen LogP) is 2.98. The molecule has 0 saturated carbocycles. The van der Waals surface area contributed by atoms with E-state index >= 15 is 0 Å². The molecule has 1 unspecified atom stereocenters. The molecule has 0 heterocycles. The SMILES string of the molecule is Cc1cccc(OCCC(Cc2ccc(F)cc2)NN)c1. The first-order valence-corrected chi connectivity index (χ1v) is 7.07. The second-order valence-electron chi connectivity index (χ2n) is 5.15. The highest BCUT2D eigenvalue weighted by molar-refractivity contribution is 5.27. The highest BCUT2D eigenvalue weighted by Crippen LogP contribution is 2.13. The molecule has 0 radical (unpaired) electrons. The lowest BCUT2D eigenvalue weighted by Gasteiger charge is -2.16. The van der Waals surface area contributed by atoms with Gasteiger partial charge in [0.1, 0.15) is 11.6 Å². The molecule has 2 rings (SSSR count). The number of hydrogen-bond acceptors (Lipinski definition) is 3. The van der Waals surface area contributed by atoms with Gasteiger partial charge in [-0.05, 0) is 55.2 Å². The molecule has 3 N–H and O–H groups in total. The standard InChI is InChI=1S/C17H21FN2O/c1-13-3-2-4-17(11-13)21-10-9-16(20-19)12-14-5-7-15(18)8-6-14/h2-8,11,16,20H,9-10,12,19H2,1H3. The second-order valence-corrected chi connectivity index (χ2v) is 5.15. The number of benzene rings is 2. The first-order valence-electron chi connectivity index (χ1n) is 7.07. The van der Waals surface area contributed by atoms with Gasteiger partial charge in [0.05, 0.1) is 6.61 Å². The van der Waals surface area contributed by atoms with Gasteiger partial charge in [-0.25, -0.2) is 4.39 Å². The Balaban J connectivity index is 1.81. The van der Waals surface area contributed by atoms with Gasteiger partial charge in [0.2, 0.25) is 0 Å². The summed E-state index contributed by atoms with van der Waals surface area (Å²) >= 11 is 0. The van der Waals surface area contributed by atoms with Crippen molar-refractivity contribution in [2.24, 2.45) is 5.84 Å².